The molecule has 2 saturated heterocycles. The minimum Gasteiger partial charge on any atom is -0.833 e. The summed E-state index contributed by atoms with van der Waals surface area (Å²) >= 11 is 0. The van der Waals surface area contributed by atoms with Gasteiger partial charge in [0, 0.05) is 0 Å². The van der Waals surface area contributed by atoms with Gasteiger partial charge in [-0.15, -0.1) is 0 Å². The predicted octanol–water partition coefficient (Wildman–Crippen LogP) is -14.4. The van der Waals surface area contributed by atoms with Crippen molar-refractivity contribution in [1.29, 1.82) is 0 Å². The quantitative estimate of drug-likeness (QED) is 0.443. The van der Waals surface area contributed by atoms with Gasteiger partial charge >= 0.3 is 88.4 Å². The molecule has 0 saturated carbocycles. The van der Waals surface area contributed by atoms with Gasteiger partial charge in [0.2, 0.25) is 0 Å². The van der Waals surface area contributed by atoms with Gasteiger partial charge in [0.15, 0.2) is 0 Å². The largest absolute Gasteiger partial charge is 1.00 e. The minimum atomic E-state index is -1.51. The second-order valence-electron chi connectivity index (χ2n) is 1.84. The molecular weight excluding hydrogens is 281 g/mol. The zero-order valence-corrected chi connectivity index (χ0v) is 13.7. The molecule has 10 N–H and O–H groups in total. The normalized spacial score (nSPS) is 14.3. The van der Waals surface area contributed by atoms with Crippen molar-refractivity contribution in [2.75, 3.05) is 0 Å². The van der Waals surface area contributed by atoms with E-state index in [1.165, 1.54) is 0 Å². The molecule has 2 fully saturated rings. The Balaban J connectivity index is -0.0000000514. The molecule has 0 unspecified atom stereocenters. The van der Waals surface area contributed by atoms with Crippen molar-refractivity contribution >= 4 is 29.3 Å². The maximum Gasteiger partial charge on any atom is 1.00 e. The SMILES string of the molecule is O.O.O.O.O.[Na+].[Na+].[O-]B1OB(OB2OB([O-])O2)O1. The topological polar surface area (TPSA) is 250 Å². The molecule has 0 bridgehead atoms. The Morgan fingerprint density at radius 1 is 0.611 bits per heavy atom. The average Bonchev–Trinajstić information content (AvgIpc) is 1.81. The summed E-state index contributed by atoms with van der Waals surface area (Å²) in [6.45, 7) is 0. The van der Waals surface area contributed by atoms with Crippen molar-refractivity contribution in [2.24, 2.45) is 0 Å². The van der Waals surface area contributed by atoms with Crippen molar-refractivity contribution in [3.05, 3.63) is 0 Å². The molecule has 0 amide bonds. The fourth-order valence-corrected chi connectivity index (χ4v) is 0.602. The van der Waals surface area contributed by atoms with Gasteiger partial charge in [0.05, 0.1) is 0 Å². The van der Waals surface area contributed by atoms with Crippen LogP contribution in [0.3, 0.4) is 0 Å². The molecule has 2 aliphatic rings. The Labute approximate surface area is 147 Å². The van der Waals surface area contributed by atoms with E-state index in [-0.39, 0.29) is 86.5 Å². The smallest absolute Gasteiger partial charge is 0.833 e. The fraction of sp³-hybridized carbons (Fsp3) is 0. The third-order valence-corrected chi connectivity index (χ3v) is 1.11. The van der Waals surface area contributed by atoms with E-state index in [1.54, 1.807) is 0 Å². The van der Waals surface area contributed by atoms with E-state index in [0.717, 1.165) is 0 Å². The van der Waals surface area contributed by atoms with Crippen LogP contribution < -0.4 is 69.2 Å². The number of hydrogen-bond acceptors (Lipinski definition) is 7. The van der Waals surface area contributed by atoms with Gasteiger partial charge in [-0.3, -0.25) is 0 Å². The van der Waals surface area contributed by atoms with Crippen LogP contribution in [-0.4, -0.2) is 56.7 Å². The summed E-state index contributed by atoms with van der Waals surface area (Å²) in [5.41, 5.74) is 0. The third kappa shape index (κ3) is 10.6. The summed E-state index contributed by atoms with van der Waals surface area (Å²) in [5, 5.41) is 20.2. The molecule has 0 aromatic carbocycles. The van der Waals surface area contributed by atoms with E-state index in [1.807, 2.05) is 0 Å². The van der Waals surface area contributed by atoms with Crippen LogP contribution in [0.2, 0.25) is 0 Å². The average molecular weight is 291 g/mol. The molecular formula is H10B4Na2O12. The third-order valence-electron chi connectivity index (χ3n) is 1.11. The Morgan fingerprint density at radius 3 is 1.00 bits per heavy atom. The Bertz CT molecular complexity index is 133. The second-order valence-corrected chi connectivity index (χ2v) is 1.84. The standard InChI is InChI=1S/B4O7.2Na.5H2O/c5-1-7-3(8-1)11-4-9-2(6)10-4;;;;;;;/h;;;5*1H2/q-2;2*+1;;;;;. The molecule has 0 aliphatic carbocycles. The predicted molar refractivity (Wildman–Crippen MR) is 46.5 cm³/mol. The van der Waals surface area contributed by atoms with Crippen LogP contribution in [0.1, 0.15) is 0 Å². The summed E-state index contributed by atoms with van der Waals surface area (Å²) in [5.74, 6) is 0. The maximum atomic E-state index is 10.1. The van der Waals surface area contributed by atoms with Crippen LogP contribution in [0, 0.1) is 0 Å². The van der Waals surface area contributed by atoms with Crippen molar-refractivity contribution in [3.63, 3.8) is 0 Å². The molecule has 0 radical (unpaired) electrons. The van der Waals surface area contributed by atoms with E-state index < -0.39 is 29.3 Å². The van der Waals surface area contributed by atoms with E-state index in [4.69, 9.17) is 0 Å². The molecule has 0 atom stereocenters. The van der Waals surface area contributed by atoms with Crippen LogP contribution in [-0.2, 0) is 22.9 Å². The molecule has 12 nitrogen and oxygen atoms in total. The van der Waals surface area contributed by atoms with E-state index in [0.29, 0.717) is 0 Å². The summed E-state index contributed by atoms with van der Waals surface area (Å²) in [6.07, 6.45) is 0. The Hall–Kier alpha value is 1.78. The van der Waals surface area contributed by atoms with Gasteiger partial charge in [-0.05, 0) is 0 Å². The summed E-state index contributed by atoms with van der Waals surface area (Å²) in [6, 6.07) is 0. The first-order chi connectivity index (χ1) is 5.24. The minimum absolute atomic E-state index is 0. The summed E-state index contributed by atoms with van der Waals surface area (Å²) in [7, 11) is -5.17. The summed E-state index contributed by atoms with van der Waals surface area (Å²) in [4.78, 5) is 0. The fourth-order valence-electron chi connectivity index (χ4n) is 0.602. The maximum absolute atomic E-state index is 10.1. The molecule has 0 aromatic rings. The first-order valence-electron chi connectivity index (χ1n) is 2.83. The second kappa shape index (κ2) is 16.8. The van der Waals surface area contributed by atoms with Gasteiger partial charge in [-0.25, -0.2) is 0 Å². The molecule has 96 valence electrons. The van der Waals surface area contributed by atoms with Crippen LogP contribution >= 0.6 is 0 Å². The first kappa shape index (κ1) is 36.7. The molecule has 2 heterocycles. The molecule has 18 heteroatoms. The molecule has 2 rings (SSSR count). The zero-order valence-electron chi connectivity index (χ0n) is 9.67. The monoisotopic (exact) mass is 292 g/mol. The van der Waals surface area contributed by atoms with Crippen molar-refractivity contribution in [1.82, 2.24) is 0 Å². The van der Waals surface area contributed by atoms with E-state index in [9.17, 15) is 10.0 Å². The van der Waals surface area contributed by atoms with Crippen molar-refractivity contribution in [3.8, 4) is 0 Å². The molecule has 0 spiro atoms. The molecule has 2 aliphatic heterocycles. The van der Waals surface area contributed by atoms with Crippen LogP contribution in [0.4, 0.5) is 0 Å². The van der Waals surface area contributed by atoms with Crippen LogP contribution in [0.15, 0.2) is 0 Å². The van der Waals surface area contributed by atoms with Gasteiger partial charge in [-0.1, -0.05) is 0 Å². The zero-order chi connectivity index (χ0) is 7.84. The Kier molecular flexibility index (Phi) is 34.4. The van der Waals surface area contributed by atoms with Crippen LogP contribution in [0.25, 0.3) is 0 Å². The van der Waals surface area contributed by atoms with Gasteiger partial charge in [0.25, 0.3) is 0 Å². The van der Waals surface area contributed by atoms with Crippen LogP contribution in [0.5, 0.6) is 0 Å². The van der Waals surface area contributed by atoms with Crippen molar-refractivity contribution in [2.45, 2.75) is 0 Å². The van der Waals surface area contributed by atoms with E-state index in [2.05, 4.69) is 22.9 Å². The van der Waals surface area contributed by atoms with Gasteiger partial charge < -0.3 is 60.3 Å². The molecule has 18 heavy (non-hydrogen) atoms. The van der Waals surface area contributed by atoms with Gasteiger partial charge in [0.1, 0.15) is 0 Å². The Morgan fingerprint density at radius 2 is 0.833 bits per heavy atom. The number of rotatable bonds is 2. The van der Waals surface area contributed by atoms with E-state index >= 15 is 0 Å². The van der Waals surface area contributed by atoms with Gasteiger partial charge in [-0.2, -0.15) is 0 Å². The molecule has 0 aromatic heterocycles. The first-order valence-corrected chi connectivity index (χ1v) is 2.83. The number of hydrogen-bond donors (Lipinski definition) is 0. The summed E-state index contributed by atoms with van der Waals surface area (Å²) < 4.78 is 21.8. The van der Waals surface area contributed by atoms with Crippen molar-refractivity contribution < 1.29 is 119 Å².